The summed E-state index contributed by atoms with van der Waals surface area (Å²) in [7, 11) is 1.46. The number of nitrogens with one attached hydrogen (secondary N) is 1. The Morgan fingerprint density at radius 2 is 2.00 bits per heavy atom. The minimum atomic E-state index is -1.04. The molecular weight excluding hydrogens is 378 g/mol. The van der Waals surface area contributed by atoms with Crippen molar-refractivity contribution in [2.75, 3.05) is 26.9 Å². The van der Waals surface area contributed by atoms with Crippen LogP contribution in [0.15, 0.2) is 48.5 Å². The molecule has 0 radical (unpaired) electrons. The summed E-state index contributed by atoms with van der Waals surface area (Å²) >= 11 is 0. The molecule has 0 fully saturated rings. The molecule has 3 rings (SSSR count). The Kier molecular flexibility index (Phi) is 6.57. The van der Waals surface area contributed by atoms with Crippen molar-refractivity contribution in [3.63, 3.8) is 0 Å². The predicted octanol–water partition coefficient (Wildman–Crippen LogP) is 2.13. The molecule has 2 aromatic rings. The number of hydrogen-bond donors (Lipinski definition) is 2. The third-order valence-electron chi connectivity index (χ3n) is 4.06. The molecule has 152 valence electrons. The summed E-state index contributed by atoms with van der Waals surface area (Å²) in [4.78, 5) is 22.7. The second kappa shape index (κ2) is 9.50. The number of ether oxygens (including phenoxy) is 4. The van der Waals surface area contributed by atoms with Gasteiger partial charge in [0.25, 0.3) is 5.91 Å². The molecule has 0 spiro atoms. The van der Waals surface area contributed by atoms with E-state index in [0.717, 1.165) is 6.08 Å². The third-order valence-corrected chi connectivity index (χ3v) is 4.06. The van der Waals surface area contributed by atoms with Crippen LogP contribution in [-0.2, 0) is 9.59 Å². The number of carbonyl (C=O) groups excluding carboxylic acids is 1. The lowest BCUT2D eigenvalue weighted by Gasteiger charge is -2.26. The van der Waals surface area contributed by atoms with Crippen molar-refractivity contribution in [2.45, 2.75) is 6.10 Å². The number of carbonyl (C=O) groups is 2. The summed E-state index contributed by atoms with van der Waals surface area (Å²) in [5.41, 5.74) is 0.635. The number of carboxylic acids is 1. The van der Waals surface area contributed by atoms with E-state index in [2.05, 4.69) is 5.32 Å². The fraction of sp³-hybridized carbons (Fsp3) is 0.238. The molecule has 2 N–H and O–H groups in total. The molecule has 1 heterocycles. The zero-order valence-corrected chi connectivity index (χ0v) is 15.8. The van der Waals surface area contributed by atoms with Crippen molar-refractivity contribution in [2.24, 2.45) is 0 Å². The number of fused-ring (bicyclic) bond motifs is 1. The highest BCUT2D eigenvalue weighted by molar-refractivity contribution is 5.85. The van der Waals surface area contributed by atoms with Gasteiger partial charge in [0.05, 0.1) is 13.7 Å². The summed E-state index contributed by atoms with van der Waals surface area (Å²) in [6, 6.07) is 12.3. The first-order valence-electron chi connectivity index (χ1n) is 8.92. The van der Waals surface area contributed by atoms with Gasteiger partial charge >= 0.3 is 5.97 Å². The Labute approximate surface area is 167 Å². The molecule has 1 aliphatic heterocycles. The van der Waals surface area contributed by atoms with E-state index in [4.69, 9.17) is 24.1 Å². The van der Waals surface area contributed by atoms with Crippen LogP contribution in [0, 0.1) is 0 Å². The van der Waals surface area contributed by atoms with Gasteiger partial charge in [0, 0.05) is 6.08 Å². The maximum Gasteiger partial charge on any atom is 0.328 e. The average Bonchev–Trinajstić information content (AvgIpc) is 2.74. The van der Waals surface area contributed by atoms with Crippen molar-refractivity contribution in [3.8, 4) is 23.0 Å². The number of hydrogen-bond acceptors (Lipinski definition) is 6. The third kappa shape index (κ3) is 5.65. The van der Waals surface area contributed by atoms with Crippen LogP contribution in [0.25, 0.3) is 6.08 Å². The van der Waals surface area contributed by atoms with Gasteiger partial charge in [-0.05, 0) is 35.9 Å². The second-order valence-electron chi connectivity index (χ2n) is 6.17. The molecule has 0 saturated carbocycles. The Hall–Kier alpha value is -3.68. The van der Waals surface area contributed by atoms with Crippen LogP contribution < -0.4 is 24.3 Å². The lowest BCUT2D eigenvalue weighted by molar-refractivity contribution is -0.131. The molecule has 0 saturated heterocycles. The topological polar surface area (TPSA) is 103 Å². The zero-order valence-electron chi connectivity index (χ0n) is 15.8. The van der Waals surface area contributed by atoms with Crippen molar-refractivity contribution in [3.05, 3.63) is 54.1 Å². The molecule has 0 bridgehead atoms. The van der Waals surface area contributed by atoms with Crippen LogP contribution in [0.4, 0.5) is 0 Å². The number of carboxylic acid groups (broad SMARTS) is 1. The van der Waals surface area contributed by atoms with Crippen LogP contribution in [0.3, 0.4) is 0 Å². The Morgan fingerprint density at radius 3 is 2.76 bits per heavy atom. The van der Waals surface area contributed by atoms with Crippen LogP contribution >= 0.6 is 0 Å². The number of rotatable bonds is 8. The number of benzene rings is 2. The first-order chi connectivity index (χ1) is 14.0. The standard InChI is InChI=1S/C21H21NO7/c1-26-19-10-14(7-9-21(24)25)6-8-17(19)28-13-20(23)22-11-15-12-27-16-4-2-3-5-18(16)29-15/h2-10,15H,11-13H2,1H3,(H,22,23)(H,24,25). The Morgan fingerprint density at radius 1 is 1.21 bits per heavy atom. The molecule has 1 unspecified atom stereocenters. The van der Waals surface area contributed by atoms with E-state index >= 15 is 0 Å². The smallest absolute Gasteiger partial charge is 0.328 e. The van der Waals surface area contributed by atoms with E-state index in [9.17, 15) is 9.59 Å². The molecule has 1 amide bonds. The first kappa shape index (κ1) is 20.1. The van der Waals surface area contributed by atoms with Crippen molar-refractivity contribution in [1.29, 1.82) is 0 Å². The van der Waals surface area contributed by atoms with Gasteiger partial charge in [-0.15, -0.1) is 0 Å². The van der Waals surface area contributed by atoms with Gasteiger partial charge in [-0.25, -0.2) is 4.79 Å². The average molecular weight is 399 g/mol. The largest absolute Gasteiger partial charge is 0.493 e. The fourth-order valence-electron chi connectivity index (χ4n) is 2.66. The SMILES string of the molecule is COc1cc(C=CC(=O)O)ccc1OCC(=O)NCC1COc2ccccc2O1. The van der Waals surface area contributed by atoms with Crippen molar-refractivity contribution < 1.29 is 33.6 Å². The fourth-order valence-corrected chi connectivity index (χ4v) is 2.66. The molecular formula is C21H21NO7. The molecule has 2 aromatic carbocycles. The summed E-state index contributed by atoms with van der Waals surface area (Å²) in [6.45, 7) is 0.425. The summed E-state index contributed by atoms with van der Waals surface area (Å²) < 4.78 is 22.1. The first-order valence-corrected chi connectivity index (χ1v) is 8.92. The molecule has 0 aromatic heterocycles. The van der Waals surface area contributed by atoms with Gasteiger partial charge in [-0.3, -0.25) is 4.79 Å². The lowest BCUT2D eigenvalue weighted by Crippen LogP contribution is -2.42. The molecule has 8 heteroatoms. The maximum atomic E-state index is 12.1. The van der Waals surface area contributed by atoms with Gasteiger partial charge in [0.15, 0.2) is 29.6 Å². The highest BCUT2D eigenvalue weighted by atomic mass is 16.6. The van der Waals surface area contributed by atoms with Crippen LogP contribution in [0.5, 0.6) is 23.0 Å². The second-order valence-corrected chi connectivity index (χ2v) is 6.17. The highest BCUT2D eigenvalue weighted by Crippen LogP contribution is 2.31. The predicted molar refractivity (Wildman–Crippen MR) is 105 cm³/mol. The lowest BCUT2D eigenvalue weighted by atomic mass is 10.2. The van der Waals surface area contributed by atoms with E-state index in [-0.39, 0.29) is 25.2 Å². The molecule has 1 aliphatic rings. The zero-order chi connectivity index (χ0) is 20.6. The van der Waals surface area contributed by atoms with E-state index in [1.165, 1.54) is 13.2 Å². The Balaban J connectivity index is 1.48. The molecule has 0 aliphatic carbocycles. The van der Waals surface area contributed by atoms with E-state index in [1.807, 2.05) is 24.3 Å². The summed E-state index contributed by atoms with van der Waals surface area (Å²) in [6.07, 6.45) is 2.17. The van der Waals surface area contributed by atoms with Crippen LogP contribution in [0.2, 0.25) is 0 Å². The number of aliphatic carboxylic acids is 1. The Bertz CT molecular complexity index is 910. The quantitative estimate of drug-likeness (QED) is 0.656. The number of amides is 1. The normalized spacial score (nSPS) is 15.0. The van der Waals surface area contributed by atoms with E-state index in [1.54, 1.807) is 18.2 Å². The van der Waals surface area contributed by atoms with Crippen LogP contribution in [-0.4, -0.2) is 50.0 Å². The van der Waals surface area contributed by atoms with Gasteiger partial charge in [0.1, 0.15) is 12.7 Å². The number of para-hydroxylation sites is 2. The molecule has 8 nitrogen and oxygen atoms in total. The molecule has 1 atom stereocenters. The van der Waals surface area contributed by atoms with E-state index < -0.39 is 5.97 Å². The monoisotopic (exact) mass is 399 g/mol. The van der Waals surface area contributed by atoms with Crippen molar-refractivity contribution in [1.82, 2.24) is 5.32 Å². The van der Waals surface area contributed by atoms with Gasteiger partial charge in [0.2, 0.25) is 0 Å². The summed E-state index contributed by atoms with van der Waals surface area (Å²) in [5, 5.41) is 11.4. The van der Waals surface area contributed by atoms with E-state index in [0.29, 0.717) is 35.2 Å². The number of methoxy groups -OCH3 is 1. The van der Waals surface area contributed by atoms with Gasteiger partial charge in [-0.1, -0.05) is 18.2 Å². The van der Waals surface area contributed by atoms with Crippen molar-refractivity contribution >= 4 is 18.0 Å². The van der Waals surface area contributed by atoms with Gasteiger partial charge < -0.3 is 29.4 Å². The van der Waals surface area contributed by atoms with Crippen LogP contribution in [0.1, 0.15) is 5.56 Å². The minimum Gasteiger partial charge on any atom is -0.493 e. The molecule has 29 heavy (non-hydrogen) atoms. The summed E-state index contributed by atoms with van der Waals surface area (Å²) in [5.74, 6) is 0.747. The maximum absolute atomic E-state index is 12.1. The minimum absolute atomic E-state index is 0.204. The van der Waals surface area contributed by atoms with Gasteiger partial charge in [-0.2, -0.15) is 0 Å². The highest BCUT2D eigenvalue weighted by Gasteiger charge is 2.21.